The molecule has 0 unspecified atom stereocenters. The van der Waals surface area contributed by atoms with Gasteiger partial charge < -0.3 is 10.5 Å². The first kappa shape index (κ1) is 14.5. The standard InChI is InChI=1S/C17H16ClNO/c1-13-8-9-16(18)17(11-13)20-12-15-6-3-2-5-14(15)7-4-10-19/h2-3,5-6,8-9,11H,10,12,19H2,1H3. The van der Waals surface area contributed by atoms with Crippen LogP contribution in [0.1, 0.15) is 16.7 Å². The van der Waals surface area contributed by atoms with Crippen LogP contribution < -0.4 is 10.5 Å². The molecule has 0 saturated carbocycles. The van der Waals surface area contributed by atoms with E-state index in [9.17, 15) is 0 Å². The van der Waals surface area contributed by atoms with Gasteiger partial charge in [-0.25, -0.2) is 0 Å². The van der Waals surface area contributed by atoms with Gasteiger partial charge in [0.05, 0.1) is 11.6 Å². The number of nitrogens with two attached hydrogens (primary N) is 1. The van der Waals surface area contributed by atoms with Crippen LogP contribution >= 0.6 is 11.6 Å². The zero-order valence-corrected chi connectivity index (χ0v) is 12.1. The minimum Gasteiger partial charge on any atom is -0.487 e. The molecule has 0 aromatic heterocycles. The first-order chi connectivity index (χ1) is 9.70. The largest absolute Gasteiger partial charge is 0.487 e. The summed E-state index contributed by atoms with van der Waals surface area (Å²) in [6, 6.07) is 13.6. The number of rotatable bonds is 3. The molecule has 0 heterocycles. The van der Waals surface area contributed by atoms with Crippen molar-refractivity contribution in [2.24, 2.45) is 5.73 Å². The highest BCUT2D eigenvalue weighted by atomic mass is 35.5. The molecule has 0 atom stereocenters. The molecule has 0 aliphatic carbocycles. The lowest BCUT2D eigenvalue weighted by atomic mass is 10.1. The molecule has 20 heavy (non-hydrogen) atoms. The predicted octanol–water partition coefficient (Wildman–Crippen LogP) is 3.54. The minimum atomic E-state index is 0.346. The average molecular weight is 286 g/mol. The van der Waals surface area contributed by atoms with E-state index in [0.717, 1.165) is 16.7 Å². The molecular weight excluding hydrogens is 270 g/mol. The summed E-state index contributed by atoms with van der Waals surface area (Å²) in [5.74, 6) is 6.60. The number of ether oxygens (including phenoxy) is 1. The molecule has 3 heteroatoms. The predicted molar refractivity (Wildman–Crippen MR) is 82.9 cm³/mol. The Morgan fingerprint density at radius 3 is 2.80 bits per heavy atom. The normalized spacial score (nSPS) is 9.75. The molecule has 2 rings (SSSR count). The average Bonchev–Trinajstić information content (AvgIpc) is 2.47. The quantitative estimate of drug-likeness (QED) is 0.876. The molecule has 0 radical (unpaired) electrons. The number of benzene rings is 2. The third kappa shape index (κ3) is 3.77. The molecule has 2 nitrogen and oxygen atoms in total. The first-order valence-electron chi connectivity index (χ1n) is 6.36. The highest BCUT2D eigenvalue weighted by molar-refractivity contribution is 6.32. The van der Waals surface area contributed by atoms with Crippen LogP contribution in [0.5, 0.6) is 5.75 Å². The molecule has 2 aromatic rings. The van der Waals surface area contributed by atoms with Crippen molar-refractivity contribution >= 4 is 11.6 Å². The van der Waals surface area contributed by atoms with E-state index in [-0.39, 0.29) is 0 Å². The van der Waals surface area contributed by atoms with E-state index in [1.807, 2.05) is 49.4 Å². The summed E-state index contributed by atoms with van der Waals surface area (Å²) in [7, 11) is 0. The van der Waals surface area contributed by atoms with Crippen LogP contribution in [-0.2, 0) is 6.61 Å². The fraction of sp³-hybridized carbons (Fsp3) is 0.176. The minimum absolute atomic E-state index is 0.346. The molecule has 0 saturated heterocycles. The van der Waals surface area contributed by atoms with Gasteiger partial charge >= 0.3 is 0 Å². The Bertz CT molecular complexity index is 656. The van der Waals surface area contributed by atoms with Crippen LogP contribution in [0.4, 0.5) is 0 Å². The fourth-order valence-electron chi connectivity index (χ4n) is 1.79. The molecular formula is C17H16ClNO. The summed E-state index contributed by atoms with van der Waals surface area (Å²) < 4.78 is 5.79. The lowest BCUT2D eigenvalue weighted by Gasteiger charge is -2.10. The molecule has 0 aliphatic heterocycles. The maximum atomic E-state index is 6.12. The Morgan fingerprint density at radius 1 is 1.20 bits per heavy atom. The van der Waals surface area contributed by atoms with Gasteiger partial charge in [-0.05, 0) is 30.7 Å². The molecule has 0 spiro atoms. The van der Waals surface area contributed by atoms with Crippen LogP contribution in [-0.4, -0.2) is 6.54 Å². The second kappa shape index (κ2) is 7.00. The van der Waals surface area contributed by atoms with Gasteiger partial charge in [0.2, 0.25) is 0 Å². The summed E-state index contributed by atoms with van der Waals surface area (Å²) >= 11 is 6.12. The van der Waals surface area contributed by atoms with Gasteiger partial charge in [0.1, 0.15) is 12.4 Å². The van der Waals surface area contributed by atoms with Crippen molar-refractivity contribution < 1.29 is 4.74 Å². The third-order valence-corrected chi connectivity index (χ3v) is 3.12. The highest BCUT2D eigenvalue weighted by Crippen LogP contribution is 2.26. The van der Waals surface area contributed by atoms with E-state index in [1.54, 1.807) is 0 Å². The van der Waals surface area contributed by atoms with Gasteiger partial charge in [-0.15, -0.1) is 0 Å². The Morgan fingerprint density at radius 2 is 2.00 bits per heavy atom. The summed E-state index contributed by atoms with van der Waals surface area (Å²) in [6.45, 7) is 2.78. The van der Waals surface area contributed by atoms with Crippen molar-refractivity contribution in [2.75, 3.05) is 6.54 Å². The molecule has 2 aromatic carbocycles. The van der Waals surface area contributed by atoms with Crippen LogP contribution in [0.2, 0.25) is 5.02 Å². The molecule has 102 valence electrons. The first-order valence-corrected chi connectivity index (χ1v) is 6.74. The number of hydrogen-bond acceptors (Lipinski definition) is 2. The van der Waals surface area contributed by atoms with Crippen LogP contribution in [0.3, 0.4) is 0 Å². The Labute approximate surface area is 124 Å². The Balaban J connectivity index is 2.17. The molecule has 2 N–H and O–H groups in total. The van der Waals surface area contributed by atoms with Crippen molar-refractivity contribution in [1.29, 1.82) is 0 Å². The highest BCUT2D eigenvalue weighted by Gasteiger charge is 2.04. The zero-order chi connectivity index (χ0) is 14.4. The second-order valence-electron chi connectivity index (χ2n) is 4.39. The summed E-state index contributed by atoms with van der Waals surface area (Å²) in [5.41, 5.74) is 8.47. The summed E-state index contributed by atoms with van der Waals surface area (Å²) in [6.07, 6.45) is 0. The topological polar surface area (TPSA) is 35.2 Å². The molecule has 0 bridgehead atoms. The monoisotopic (exact) mass is 285 g/mol. The van der Waals surface area contributed by atoms with Crippen LogP contribution in [0, 0.1) is 18.8 Å². The van der Waals surface area contributed by atoms with Crippen molar-refractivity contribution in [3.63, 3.8) is 0 Å². The van der Waals surface area contributed by atoms with Crippen LogP contribution in [0.25, 0.3) is 0 Å². The van der Waals surface area contributed by atoms with Crippen molar-refractivity contribution in [3.05, 3.63) is 64.2 Å². The SMILES string of the molecule is Cc1ccc(Cl)c(OCc2ccccc2C#CCN)c1. The van der Waals surface area contributed by atoms with Gasteiger partial charge in [-0.1, -0.05) is 47.7 Å². The van der Waals surface area contributed by atoms with E-state index in [1.165, 1.54) is 0 Å². The van der Waals surface area contributed by atoms with Gasteiger partial charge in [-0.2, -0.15) is 0 Å². The van der Waals surface area contributed by atoms with Crippen LogP contribution in [0.15, 0.2) is 42.5 Å². The van der Waals surface area contributed by atoms with Gasteiger partial charge in [0.15, 0.2) is 0 Å². The summed E-state index contributed by atoms with van der Waals surface area (Å²) in [5, 5.41) is 0.612. The van der Waals surface area contributed by atoms with E-state index < -0.39 is 0 Å². The summed E-state index contributed by atoms with van der Waals surface area (Å²) in [4.78, 5) is 0. The van der Waals surface area contributed by atoms with E-state index in [0.29, 0.717) is 23.9 Å². The lowest BCUT2D eigenvalue weighted by molar-refractivity contribution is 0.306. The smallest absolute Gasteiger partial charge is 0.138 e. The van der Waals surface area contributed by atoms with Crippen molar-refractivity contribution in [3.8, 4) is 17.6 Å². The van der Waals surface area contributed by atoms with Gasteiger partial charge in [0.25, 0.3) is 0 Å². The zero-order valence-electron chi connectivity index (χ0n) is 11.3. The molecule has 0 aliphatic rings. The molecule has 0 fully saturated rings. The number of aryl methyl sites for hydroxylation is 1. The lowest BCUT2D eigenvalue weighted by Crippen LogP contribution is -1.99. The van der Waals surface area contributed by atoms with E-state index in [2.05, 4.69) is 11.8 Å². The third-order valence-electron chi connectivity index (χ3n) is 2.81. The maximum absolute atomic E-state index is 6.12. The van der Waals surface area contributed by atoms with Gasteiger partial charge in [0, 0.05) is 11.1 Å². The Kier molecular flexibility index (Phi) is 5.06. The fourth-order valence-corrected chi connectivity index (χ4v) is 1.96. The Hall–Kier alpha value is -1.95. The maximum Gasteiger partial charge on any atom is 0.138 e. The van der Waals surface area contributed by atoms with E-state index >= 15 is 0 Å². The van der Waals surface area contributed by atoms with E-state index in [4.69, 9.17) is 22.1 Å². The van der Waals surface area contributed by atoms with Crippen molar-refractivity contribution in [1.82, 2.24) is 0 Å². The van der Waals surface area contributed by atoms with Gasteiger partial charge in [-0.3, -0.25) is 0 Å². The molecule has 0 amide bonds. The number of halogens is 1. The van der Waals surface area contributed by atoms with Crippen molar-refractivity contribution in [2.45, 2.75) is 13.5 Å². The number of hydrogen-bond donors (Lipinski definition) is 1. The second-order valence-corrected chi connectivity index (χ2v) is 4.79.